The zero-order chi connectivity index (χ0) is 34.4. The summed E-state index contributed by atoms with van der Waals surface area (Å²) in [4.78, 5) is 35.4. The maximum Gasteiger partial charge on any atom is 0.389 e. The molecule has 4 aromatic rings. The molecule has 16 nitrogen and oxygen atoms in total. The second-order valence-electron chi connectivity index (χ2n) is 10.7. The van der Waals surface area contributed by atoms with Gasteiger partial charge in [-0.1, -0.05) is 30.1 Å². The monoisotopic (exact) mass is 691 g/mol. The summed E-state index contributed by atoms with van der Waals surface area (Å²) in [5.74, 6) is 3.05. The molecule has 1 amide bonds. The molecule has 4 heterocycles. The van der Waals surface area contributed by atoms with Crippen LogP contribution in [0, 0.1) is 11.7 Å². The first kappa shape index (κ1) is 33.9. The van der Waals surface area contributed by atoms with E-state index < -0.39 is 47.5 Å². The quantitative estimate of drug-likeness (QED) is 0.0614. The van der Waals surface area contributed by atoms with Gasteiger partial charge in [0.1, 0.15) is 10.9 Å². The van der Waals surface area contributed by atoms with Crippen molar-refractivity contribution in [2.45, 2.75) is 37.7 Å². The van der Waals surface area contributed by atoms with Crippen LogP contribution in [0.25, 0.3) is 22.5 Å². The van der Waals surface area contributed by atoms with Crippen molar-refractivity contribution in [3.05, 3.63) is 87.3 Å². The first-order chi connectivity index (χ1) is 22.1. The maximum atomic E-state index is 15.4. The average molecular weight is 692 g/mol. The molecule has 4 atom stereocenters. The van der Waals surface area contributed by atoms with Crippen LogP contribution in [-0.4, -0.2) is 68.0 Å². The van der Waals surface area contributed by atoms with E-state index in [1.165, 1.54) is 37.4 Å². The van der Waals surface area contributed by atoms with Crippen molar-refractivity contribution in [2.75, 3.05) is 10.3 Å². The summed E-state index contributed by atoms with van der Waals surface area (Å²) in [5, 5.41) is 58.5. The van der Waals surface area contributed by atoms with Gasteiger partial charge in [-0.15, -0.1) is 0 Å². The van der Waals surface area contributed by atoms with E-state index >= 15 is 4.39 Å². The van der Waals surface area contributed by atoms with Crippen molar-refractivity contribution < 1.29 is 34.7 Å². The SMILES string of the molecule is CC1C(=O)Nc2cnn(C(O)(O)O)c2-c2ccnc(c2)C(n2cnc(-c3c(N(N)/C=C(\N)Cl)ccc(Cl)c3F)cc2=O)CC(O)C1O. The number of halogens is 3. The summed E-state index contributed by atoms with van der Waals surface area (Å²) < 4.78 is 16.9. The van der Waals surface area contributed by atoms with Gasteiger partial charge in [0.2, 0.25) is 5.91 Å². The van der Waals surface area contributed by atoms with Crippen LogP contribution in [0.3, 0.4) is 0 Å². The Labute approximate surface area is 274 Å². The van der Waals surface area contributed by atoms with Gasteiger partial charge in [0.05, 0.1) is 76.2 Å². The zero-order valence-electron chi connectivity index (χ0n) is 24.2. The fourth-order valence-corrected chi connectivity index (χ4v) is 5.45. The second kappa shape index (κ2) is 13.0. The number of nitrogens with one attached hydrogen (secondary N) is 1. The number of nitrogens with two attached hydrogens (primary N) is 2. The largest absolute Gasteiger partial charge is 0.390 e. The van der Waals surface area contributed by atoms with Crippen molar-refractivity contribution in [1.82, 2.24) is 24.3 Å². The van der Waals surface area contributed by atoms with Crippen LogP contribution < -0.4 is 27.5 Å². The summed E-state index contributed by atoms with van der Waals surface area (Å²) in [5.41, 5.74) is 4.30. The van der Waals surface area contributed by atoms with Gasteiger partial charge in [0.25, 0.3) is 5.56 Å². The van der Waals surface area contributed by atoms with E-state index in [2.05, 4.69) is 20.4 Å². The van der Waals surface area contributed by atoms with Crippen LogP contribution >= 0.6 is 23.2 Å². The molecule has 0 saturated carbocycles. The van der Waals surface area contributed by atoms with Crippen molar-refractivity contribution in [1.29, 1.82) is 0 Å². The van der Waals surface area contributed by atoms with Crippen LogP contribution in [0.1, 0.15) is 25.1 Å². The predicted octanol–water partition coefficient (Wildman–Crippen LogP) is 0.472. The van der Waals surface area contributed by atoms with Crippen molar-refractivity contribution in [2.24, 2.45) is 17.5 Å². The lowest BCUT2D eigenvalue weighted by atomic mass is 9.92. The highest BCUT2D eigenvalue weighted by atomic mass is 35.5. The van der Waals surface area contributed by atoms with Crippen molar-refractivity contribution in [3.8, 4) is 22.5 Å². The number of rotatable bonds is 5. The number of aliphatic hydroxyl groups excluding tert-OH is 2. The number of fused-ring (bicyclic) bond motifs is 4. The highest BCUT2D eigenvalue weighted by Gasteiger charge is 2.35. The van der Waals surface area contributed by atoms with E-state index in [9.17, 15) is 35.1 Å². The molecule has 2 bridgehead atoms. The fraction of sp³-hybridized carbons (Fsp3) is 0.250. The Balaban J connectivity index is 1.69. The Kier molecular flexibility index (Phi) is 9.36. The normalized spacial score (nSPS) is 20.6. The highest BCUT2D eigenvalue weighted by Crippen LogP contribution is 2.37. The molecule has 1 aliphatic heterocycles. The number of carbonyl (C=O) groups excluding carboxylic acids is 1. The number of aromatic nitrogens is 5. The third kappa shape index (κ3) is 6.69. The number of anilines is 2. The van der Waals surface area contributed by atoms with Gasteiger partial charge in [0, 0.05) is 24.2 Å². The lowest BCUT2D eigenvalue weighted by Gasteiger charge is -2.28. The van der Waals surface area contributed by atoms with Gasteiger partial charge in [-0.05, 0) is 24.3 Å². The number of hydrazine groups is 1. The summed E-state index contributed by atoms with van der Waals surface area (Å²) in [6, 6.07) is 5.21. The van der Waals surface area contributed by atoms with Crippen molar-refractivity contribution in [3.63, 3.8) is 0 Å². The van der Waals surface area contributed by atoms with E-state index in [1.54, 1.807) is 0 Å². The van der Waals surface area contributed by atoms with Gasteiger partial charge in [-0.3, -0.25) is 24.1 Å². The number of hydrogen-bond acceptors (Lipinski definition) is 13. The first-order valence-electron chi connectivity index (χ1n) is 13.7. The fourth-order valence-electron chi connectivity index (χ4n) is 5.19. The number of carbonyl (C=O) groups is 1. The third-order valence-electron chi connectivity index (χ3n) is 7.53. The van der Waals surface area contributed by atoms with Gasteiger partial charge in [-0.25, -0.2) is 15.2 Å². The van der Waals surface area contributed by atoms with E-state index in [-0.39, 0.29) is 56.2 Å². The minimum absolute atomic E-state index is 0.00600. The Morgan fingerprint density at radius 1 is 1.19 bits per heavy atom. The van der Waals surface area contributed by atoms with Crippen molar-refractivity contribution >= 4 is 40.5 Å². The Bertz CT molecular complexity index is 1930. The van der Waals surface area contributed by atoms with E-state index in [0.29, 0.717) is 4.68 Å². The molecule has 0 spiro atoms. The molecule has 19 heteroatoms. The molecular formula is C28H28Cl2FN9O7. The van der Waals surface area contributed by atoms with Gasteiger partial charge >= 0.3 is 6.10 Å². The smallest absolute Gasteiger partial charge is 0.389 e. The standard InChI is InChI=1S/C28H28Cl2FN9O7/c1-12-26(43)20(41)8-19(15-6-13(4-5-34-15)25-17(37-27(12)44)9-36-40(25)28(45,46)47)38-11-35-16(7-22(38)42)23-18(39(33)10-21(30)32)3-2-14(29)24(23)31/h2-7,9-12,19-20,26,41,43,45-47H,8,32-33H2,1H3,(H,37,44)/b21-10-. The van der Waals surface area contributed by atoms with E-state index in [0.717, 1.165) is 34.4 Å². The lowest BCUT2D eigenvalue weighted by Crippen LogP contribution is -2.41. The van der Waals surface area contributed by atoms with Crippen LogP contribution in [0.4, 0.5) is 15.8 Å². The van der Waals surface area contributed by atoms with Crippen LogP contribution in [0.2, 0.25) is 5.02 Å². The summed E-state index contributed by atoms with van der Waals surface area (Å²) >= 11 is 11.8. The Morgan fingerprint density at radius 3 is 2.57 bits per heavy atom. The molecule has 0 saturated heterocycles. The summed E-state index contributed by atoms with van der Waals surface area (Å²) in [6.45, 7) is 1.34. The molecule has 0 fully saturated rings. The number of benzene rings is 1. The van der Waals surface area contributed by atoms with Crippen LogP contribution in [-0.2, 0) is 10.9 Å². The molecule has 0 aliphatic carbocycles. The maximum absolute atomic E-state index is 15.4. The number of amides is 1. The lowest BCUT2D eigenvalue weighted by molar-refractivity contribution is -0.379. The molecular weight excluding hydrogens is 664 g/mol. The zero-order valence-corrected chi connectivity index (χ0v) is 25.7. The summed E-state index contributed by atoms with van der Waals surface area (Å²) in [7, 11) is 0. The second-order valence-corrected chi connectivity index (χ2v) is 11.5. The molecule has 10 N–H and O–H groups in total. The molecule has 1 aliphatic rings. The molecule has 1 aromatic carbocycles. The number of hydrogen-bond donors (Lipinski definition) is 8. The van der Waals surface area contributed by atoms with Crippen LogP contribution in [0.15, 0.2) is 65.2 Å². The average Bonchev–Trinajstić information content (AvgIpc) is 3.44. The molecule has 5 rings (SSSR count). The van der Waals surface area contributed by atoms with Crippen LogP contribution in [0.5, 0.6) is 0 Å². The predicted molar refractivity (Wildman–Crippen MR) is 166 cm³/mol. The molecule has 248 valence electrons. The van der Waals surface area contributed by atoms with Gasteiger partial charge < -0.3 is 36.6 Å². The topological polar surface area (TPSA) is 251 Å². The molecule has 3 aromatic heterocycles. The molecule has 47 heavy (non-hydrogen) atoms. The van der Waals surface area contributed by atoms with E-state index in [1.807, 2.05) is 0 Å². The van der Waals surface area contributed by atoms with Gasteiger partial charge in [0.15, 0.2) is 5.82 Å². The Hall–Kier alpha value is -4.46. The number of pyridine rings is 1. The number of nitrogens with zero attached hydrogens (tertiary/aromatic N) is 6. The minimum atomic E-state index is -3.49. The molecule has 4 unspecified atom stereocenters. The number of aliphatic hydroxyl groups is 5. The first-order valence-corrected chi connectivity index (χ1v) is 14.5. The third-order valence-corrected chi connectivity index (χ3v) is 7.92. The minimum Gasteiger partial charge on any atom is -0.390 e. The highest BCUT2D eigenvalue weighted by molar-refractivity contribution is 6.31. The van der Waals surface area contributed by atoms with Gasteiger partial charge in [-0.2, -0.15) is 9.78 Å². The summed E-state index contributed by atoms with van der Waals surface area (Å²) in [6.07, 6.45) is -2.63. The van der Waals surface area contributed by atoms with E-state index in [4.69, 9.17) is 34.8 Å². The Morgan fingerprint density at radius 2 is 1.91 bits per heavy atom. The molecule has 0 radical (unpaired) electrons.